The van der Waals surface area contributed by atoms with Crippen molar-refractivity contribution in [3.8, 4) is 0 Å². The lowest BCUT2D eigenvalue weighted by molar-refractivity contribution is 0.0138. The van der Waals surface area contributed by atoms with E-state index in [4.69, 9.17) is 11.6 Å². The van der Waals surface area contributed by atoms with Gasteiger partial charge in [0.1, 0.15) is 5.60 Å². The number of rotatable bonds is 6. The van der Waals surface area contributed by atoms with E-state index in [1.165, 1.54) is 0 Å². The third-order valence-corrected chi connectivity index (χ3v) is 5.35. The highest BCUT2D eigenvalue weighted by Crippen LogP contribution is 2.40. The fourth-order valence-electron chi connectivity index (χ4n) is 2.92. The molecule has 0 saturated heterocycles. The standard InChI is InChI=1S/C19H24ClNOS/c1-14(12-16-7-9-17(20)10-8-16)19(22,15(2)13-21(3)4)18-6-5-11-23-18/h5-12,15,22H,13H2,1-4H3/b14-12+. The van der Waals surface area contributed by atoms with E-state index in [0.717, 1.165) is 22.6 Å². The monoisotopic (exact) mass is 349 g/mol. The predicted octanol–water partition coefficient (Wildman–Crippen LogP) is 4.89. The second kappa shape index (κ2) is 7.63. The predicted molar refractivity (Wildman–Crippen MR) is 101 cm³/mol. The summed E-state index contributed by atoms with van der Waals surface area (Å²) in [4.78, 5) is 3.09. The SMILES string of the molecule is C/C(=C\c1ccc(Cl)cc1)C(O)(c1cccs1)C(C)CN(C)C. The Labute approximate surface area is 148 Å². The van der Waals surface area contributed by atoms with Crippen LogP contribution in [0.25, 0.3) is 6.08 Å². The molecule has 4 heteroatoms. The molecule has 2 rings (SSSR count). The molecule has 23 heavy (non-hydrogen) atoms. The van der Waals surface area contributed by atoms with Crippen LogP contribution in [0.4, 0.5) is 0 Å². The van der Waals surface area contributed by atoms with Gasteiger partial charge in [-0.2, -0.15) is 0 Å². The summed E-state index contributed by atoms with van der Waals surface area (Å²) in [5.74, 6) is 0.0692. The average molecular weight is 350 g/mol. The van der Waals surface area contributed by atoms with Crippen LogP contribution in [0.15, 0.2) is 47.4 Å². The van der Waals surface area contributed by atoms with Gasteiger partial charge < -0.3 is 10.0 Å². The largest absolute Gasteiger partial charge is 0.380 e. The topological polar surface area (TPSA) is 23.5 Å². The van der Waals surface area contributed by atoms with Crippen molar-refractivity contribution in [3.63, 3.8) is 0 Å². The molecule has 0 fully saturated rings. The van der Waals surface area contributed by atoms with Gasteiger partial charge in [0.2, 0.25) is 0 Å². The molecule has 1 heterocycles. The van der Waals surface area contributed by atoms with Gasteiger partial charge in [-0.15, -0.1) is 11.3 Å². The van der Waals surface area contributed by atoms with E-state index < -0.39 is 5.60 Å². The molecule has 1 aromatic heterocycles. The Kier molecular flexibility index (Phi) is 6.04. The van der Waals surface area contributed by atoms with Crippen molar-refractivity contribution >= 4 is 29.0 Å². The van der Waals surface area contributed by atoms with Gasteiger partial charge in [0.15, 0.2) is 0 Å². The van der Waals surface area contributed by atoms with Gasteiger partial charge >= 0.3 is 0 Å². The average Bonchev–Trinajstić information content (AvgIpc) is 3.02. The number of aliphatic hydroxyl groups is 1. The molecule has 124 valence electrons. The van der Waals surface area contributed by atoms with Crippen LogP contribution in [0, 0.1) is 5.92 Å². The molecule has 0 spiro atoms. The summed E-state index contributed by atoms with van der Waals surface area (Å²) in [6.45, 7) is 4.90. The fourth-order valence-corrected chi connectivity index (χ4v) is 4.05. The Morgan fingerprint density at radius 2 is 1.96 bits per heavy atom. The molecule has 0 aliphatic heterocycles. The van der Waals surface area contributed by atoms with E-state index in [0.29, 0.717) is 5.02 Å². The van der Waals surface area contributed by atoms with E-state index in [1.54, 1.807) is 11.3 Å². The Hall–Kier alpha value is -1.13. The van der Waals surface area contributed by atoms with Crippen LogP contribution in [-0.4, -0.2) is 30.6 Å². The van der Waals surface area contributed by atoms with E-state index in [-0.39, 0.29) is 5.92 Å². The maximum atomic E-state index is 11.6. The van der Waals surface area contributed by atoms with Crippen molar-refractivity contribution < 1.29 is 5.11 Å². The fraction of sp³-hybridized carbons (Fsp3) is 0.368. The van der Waals surface area contributed by atoms with E-state index >= 15 is 0 Å². The number of nitrogens with zero attached hydrogens (tertiary/aromatic N) is 1. The highest BCUT2D eigenvalue weighted by atomic mass is 35.5. The van der Waals surface area contributed by atoms with Gasteiger partial charge in [-0.05, 0) is 55.7 Å². The first-order valence-electron chi connectivity index (χ1n) is 7.69. The van der Waals surface area contributed by atoms with Crippen molar-refractivity contribution in [1.29, 1.82) is 0 Å². The summed E-state index contributed by atoms with van der Waals surface area (Å²) in [5, 5.41) is 14.3. The Bertz CT molecular complexity index is 649. The molecule has 1 aromatic carbocycles. The number of halogens is 1. The number of hydrogen-bond donors (Lipinski definition) is 1. The summed E-state index contributed by atoms with van der Waals surface area (Å²) in [6, 6.07) is 11.7. The summed E-state index contributed by atoms with van der Waals surface area (Å²) in [6.07, 6.45) is 2.04. The van der Waals surface area contributed by atoms with Crippen LogP contribution in [-0.2, 0) is 5.60 Å². The Morgan fingerprint density at radius 3 is 2.48 bits per heavy atom. The van der Waals surface area contributed by atoms with Gasteiger partial charge in [-0.3, -0.25) is 0 Å². The van der Waals surface area contributed by atoms with Crippen molar-refractivity contribution in [1.82, 2.24) is 4.90 Å². The van der Waals surface area contributed by atoms with Crippen LogP contribution in [0.3, 0.4) is 0 Å². The molecule has 0 aliphatic rings. The van der Waals surface area contributed by atoms with E-state index in [2.05, 4.69) is 11.8 Å². The number of thiophene rings is 1. The molecule has 0 saturated carbocycles. The van der Waals surface area contributed by atoms with Gasteiger partial charge in [0.25, 0.3) is 0 Å². The van der Waals surface area contributed by atoms with Crippen molar-refractivity contribution in [3.05, 3.63) is 62.8 Å². The van der Waals surface area contributed by atoms with Crippen LogP contribution in [0.1, 0.15) is 24.3 Å². The molecule has 2 atom stereocenters. The summed E-state index contributed by atoms with van der Waals surface area (Å²) in [7, 11) is 4.06. The molecular weight excluding hydrogens is 326 g/mol. The van der Waals surface area contributed by atoms with Crippen molar-refractivity contribution in [2.45, 2.75) is 19.4 Å². The molecule has 0 amide bonds. The smallest absolute Gasteiger partial charge is 0.124 e. The van der Waals surface area contributed by atoms with Gasteiger partial charge in [0.05, 0.1) is 0 Å². The van der Waals surface area contributed by atoms with Gasteiger partial charge in [-0.25, -0.2) is 0 Å². The molecule has 2 nitrogen and oxygen atoms in total. The van der Waals surface area contributed by atoms with Crippen molar-refractivity contribution in [2.75, 3.05) is 20.6 Å². The maximum absolute atomic E-state index is 11.6. The lowest BCUT2D eigenvalue weighted by Crippen LogP contribution is -2.39. The van der Waals surface area contributed by atoms with Crippen LogP contribution in [0.2, 0.25) is 5.02 Å². The third-order valence-electron chi connectivity index (χ3n) is 4.10. The lowest BCUT2D eigenvalue weighted by atomic mass is 9.80. The first-order chi connectivity index (χ1) is 10.8. The summed E-state index contributed by atoms with van der Waals surface area (Å²) < 4.78 is 0. The molecule has 0 bridgehead atoms. The minimum absolute atomic E-state index is 0.0692. The maximum Gasteiger partial charge on any atom is 0.124 e. The van der Waals surface area contributed by atoms with Crippen molar-refractivity contribution in [2.24, 2.45) is 5.92 Å². The quantitative estimate of drug-likeness (QED) is 0.802. The second-order valence-electron chi connectivity index (χ2n) is 6.29. The van der Waals surface area contributed by atoms with Gasteiger partial charge in [-0.1, -0.05) is 42.8 Å². The zero-order chi connectivity index (χ0) is 17.0. The minimum Gasteiger partial charge on any atom is -0.380 e. The summed E-state index contributed by atoms with van der Waals surface area (Å²) in [5.41, 5.74) is 1.01. The molecule has 0 aliphatic carbocycles. The van der Waals surface area contributed by atoms with E-state index in [9.17, 15) is 5.11 Å². The molecule has 1 N–H and O–H groups in total. The van der Waals surface area contributed by atoms with Crippen LogP contribution < -0.4 is 0 Å². The minimum atomic E-state index is -0.974. The molecule has 2 unspecified atom stereocenters. The second-order valence-corrected chi connectivity index (χ2v) is 7.67. The summed E-state index contributed by atoms with van der Waals surface area (Å²) >= 11 is 7.55. The van der Waals surface area contributed by atoms with E-state index in [1.807, 2.05) is 68.9 Å². The molecular formula is C19H24ClNOS. The number of hydrogen-bond acceptors (Lipinski definition) is 3. The zero-order valence-electron chi connectivity index (χ0n) is 14.1. The molecule has 2 aromatic rings. The zero-order valence-corrected chi connectivity index (χ0v) is 15.7. The highest BCUT2D eigenvalue weighted by Gasteiger charge is 2.38. The lowest BCUT2D eigenvalue weighted by Gasteiger charge is -2.36. The normalized spacial score (nSPS) is 16.4. The van der Waals surface area contributed by atoms with Crippen LogP contribution >= 0.6 is 22.9 Å². The first-order valence-corrected chi connectivity index (χ1v) is 8.95. The molecule has 0 radical (unpaired) electrons. The Balaban J connectivity index is 2.42. The van der Waals surface area contributed by atoms with Crippen LogP contribution in [0.5, 0.6) is 0 Å². The van der Waals surface area contributed by atoms with Gasteiger partial charge in [0, 0.05) is 22.4 Å². The first kappa shape index (κ1) is 18.2. The third kappa shape index (κ3) is 4.24. The Morgan fingerprint density at radius 1 is 1.30 bits per heavy atom. The highest BCUT2D eigenvalue weighted by molar-refractivity contribution is 7.10. The number of benzene rings is 1.